The van der Waals surface area contributed by atoms with E-state index in [0.717, 1.165) is 12.8 Å². The summed E-state index contributed by atoms with van der Waals surface area (Å²) in [4.78, 5) is 0. The molecule has 0 N–H and O–H groups in total. The minimum absolute atomic E-state index is 0.0121. The monoisotopic (exact) mass is 190 g/mol. The Morgan fingerprint density at radius 3 is 2.50 bits per heavy atom. The third kappa shape index (κ3) is 3.22. The first-order chi connectivity index (χ1) is 5.47. The van der Waals surface area contributed by atoms with Gasteiger partial charge in [-0.25, -0.2) is 0 Å². The molecule has 1 aliphatic heterocycles. The highest BCUT2D eigenvalue weighted by Crippen LogP contribution is 2.25. The molecule has 1 rings (SSSR count). The maximum atomic E-state index is 5.53. The van der Waals surface area contributed by atoms with Gasteiger partial charge in [0.05, 0.1) is 19.4 Å². The van der Waals surface area contributed by atoms with Gasteiger partial charge in [0, 0.05) is 7.11 Å². The van der Waals surface area contributed by atoms with Gasteiger partial charge in [-0.1, -0.05) is 0 Å². The Balaban J connectivity index is 2.09. The molecule has 0 radical (unpaired) electrons. The van der Waals surface area contributed by atoms with Crippen molar-refractivity contribution < 1.29 is 13.9 Å². The van der Waals surface area contributed by atoms with E-state index in [-0.39, 0.29) is 5.60 Å². The Kier molecular flexibility index (Phi) is 2.93. The summed E-state index contributed by atoms with van der Waals surface area (Å²) in [5.74, 6) is 0. The Bertz CT molecular complexity index is 154. The van der Waals surface area contributed by atoms with Gasteiger partial charge in [-0.3, -0.25) is 0 Å². The summed E-state index contributed by atoms with van der Waals surface area (Å²) in [6.07, 6.45) is 0.752. The number of hydrogen-bond acceptors (Lipinski definition) is 3. The van der Waals surface area contributed by atoms with Gasteiger partial charge in [0.1, 0.15) is 5.60 Å². The fourth-order valence-electron chi connectivity index (χ4n) is 0.778. The van der Waals surface area contributed by atoms with E-state index in [9.17, 15) is 0 Å². The number of rotatable bonds is 5. The SMILES string of the molecule is CO[Si](C)(C)COCC1(C)CO1. The van der Waals surface area contributed by atoms with Crippen molar-refractivity contribution in [3.8, 4) is 0 Å². The molecule has 12 heavy (non-hydrogen) atoms. The maximum Gasteiger partial charge on any atom is 0.211 e. The Morgan fingerprint density at radius 1 is 1.50 bits per heavy atom. The van der Waals surface area contributed by atoms with Crippen molar-refractivity contribution in [2.45, 2.75) is 25.6 Å². The molecule has 1 fully saturated rings. The molecule has 1 heterocycles. The third-order valence-corrected chi connectivity index (χ3v) is 4.05. The highest BCUT2D eigenvalue weighted by Gasteiger charge is 2.40. The fraction of sp³-hybridized carbons (Fsp3) is 1.00. The van der Waals surface area contributed by atoms with Crippen molar-refractivity contribution >= 4 is 8.32 Å². The van der Waals surface area contributed by atoms with Crippen LogP contribution in [-0.4, -0.2) is 40.5 Å². The average Bonchev–Trinajstić information content (AvgIpc) is 2.68. The molecule has 0 aromatic carbocycles. The van der Waals surface area contributed by atoms with Crippen molar-refractivity contribution in [1.29, 1.82) is 0 Å². The lowest BCUT2D eigenvalue weighted by Gasteiger charge is -2.20. The van der Waals surface area contributed by atoms with Crippen LogP contribution < -0.4 is 0 Å². The summed E-state index contributed by atoms with van der Waals surface area (Å²) < 4.78 is 16.1. The lowest BCUT2D eigenvalue weighted by molar-refractivity contribution is 0.105. The molecule has 3 nitrogen and oxygen atoms in total. The van der Waals surface area contributed by atoms with Crippen LogP contribution in [0.5, 0.6) is 0 Å². The molecule has 0 saturated carbocycles. The molecule has 1 unspecified atom stereocenters. The lowest BCUT2D eigenvalue weighted by Crippen LogP contribution is -2.36. The molecule has 72 valence electrons. The molecule has 0 aliphatic carbocycles. The van der Waals surface area contributed by atoms with E-state index < -0.39 is 8.32 Å². The predicted molar refractivity (Wildman–Crippen MR) is 49.7 cm³/mol. The van der Waals surface area contributed by atoms with E-state index in [2.05, 4.69) is 20.0 Å². The molecule has 1 aliphatic rings. The van der Waals surface area contributed by atoms with Gasteiger partial charge < -0.3 is 13.9 Å². The van der Waals surface area contributed by atoms with E-state index >= 15 is 0 Å². The van der Waals surface area contributed by atoms with Crippen molar-refractivity contribution in [1.82, 2.24) is 0 Å². The number of ether oxygens (including phenoxy) is 2. The van der Waals surface area contributed by atoms with E-state index in [1.54, 1.807) is 7.11 Å². The van der Waals surface area contributed by atoms with Crippen molar-refractivity contribution in [2.24, 2.45) is 0 Å². The van der Waals surface area contributed by atoms with Gasteiger partial charge in [0.25, 0.3) is 0 Å². The molecular formula is C8H18O3Si. The van der Waals surface area contributed by atoms with Crippen LogP contribution in [0.2, 0.25) is 13.1 Å². The summed E-state index contributed by atoms with van der Waals surface area (Å²) in [7, 11) is 0.228. The molecule has 0 bridgehead atoms. The predicted octanol–water partition coefficient (Wildman–Crippen LogP) is 1.18. The van der Waals surface area contributed by atoms with Gasteiger partial charge in [0.15, 0.2) is 0 Å². The number of epoxide rings is 1. The largest absolute Gasteiger partial charge is 0.418 e. The van der Waals surface area contributed by atoms with Crippen molar-refractivity contribution in [2.75, 3.05) is 26.6 Å². The second kappa shape index (κ2) is 3.45. The van der Waals surface area contributed by atoms with Crippen LogP contribution in [0, 0.1) is 0 Å². The van der Waals surface area contributed by atoms with Crippen LogP contribution >= 0.6 is 0 Å². The Morgan fingerprint density at radius 2 is 2.08 bits per heavy atom. The van der Waals surface area contributed by atoms with E-state index in [1.165, 1.54) is 0 Å². The highest BCUT2D eigenvalue weighted by atomic mass is 28.4. The summed E-state index contributed by atoms with van der Waals surface area (Å²) in [5.41, 5.74) is 0.0121. The summed E-state index contributed by atoms with van der Waals surface area (Å²) in [6.45, 7) is 7.88. The van der Waals surface area contributed by atoms with Crippen LogP contribution in [0.25, 0.3) is 0 Å². The minimum Gasteiger partial charge on any atom is -0.418 e. The molecule has 1 atom stereocenters. The third-order valence-electron chi connectivity index (χ3n) is 2.05. The topological polar surface area (TPSA) is 31.0 Å². The summed E-state index contributed by atoms with van der Waals surface area (Å²) in [6, 6.07) is 0. The quantitative estimate of drug-likeness (QED) is 0.482. The molecule has 0 amide bonds. The van der Waals surface area contributed by atoms with Crippen molar-refractivity contribution in [3.05, 3.63) is 0 Å². The highest BCUT2D eigenvalue weighted by molar-refractivity contribution is 6.71. The van der Waals surface area contributed by atoms with E-state index in [0.29, 0.717) is 6.61 Å². The first kappa shape index (κ1) is 10.2. The molecule has 4 heteroatoms. The van der Waals surface area contributed by atoms with Gasteiger partial charge in [-0.05, 0) is 20.0 Å². The van der Waals surface area contributed by atoms with Crippen molar-refractivity contribution in [3.63, 3.8) is 0 Å². The van der Waals surface area contributed by atoms with Gasteiger partial charge in [-0.2, -0.15) is 0 Å². The number of hydrogen-bond donors (Lipinski definition) is 0. The molecule has 1 saturated heterocycles. The van der Waals surface area contributed by atoms with Crippen LogP contribution in [0.4, 0.5) is 0 Å². The second-order valence-corrected chi connectivity index (χ2v) is 8.41. The zero-order valence-corrected chi connectivity index (χ0v) is 9.35. The molecule has 0 aromatic heterocycles. The fourth-order valence-corrected chi connectivity index (χ4v) is 1.49. The molecule has 0 aromatic rings. The standard InChI is InChI=1S/C8H18O3Si/c1-8(6-11-8)5-10-7-12(3,4)9-2/h5-7H2,1-4H3. The van der Waals surface area contributed by atoms with Crippen LogP contribution in [0.15, 0.2) is 0 Å². The Hall–Kier alpha value is 0.0969. The first-order valence-electron chi connectivity index (χ1n) is 4.24. The van der Waals surface area contributed by atoms with Crippen LogP contribution in [0.1, 0.15) is 6.92 Å². The Labute approximate surface area is 75.1 Å². The smallest absolute Gasteiger partial charge is 0.211 e. The normalized spacial score (nSPS) is 29.0. The first-order valence-corrected chi connectivity index (χ1v) is 7.36. The molecule has 0 spiro atoms. The van der Waals surface area contributed by atoms with Gasteiger partial charge >= 0.3 is 0 Å². The van der Waals surface area contributed by atoms with Crippen LogP contribution in [-0.2, 0) is 13.9 Å². The van der Waals surface area contributed by atoms with Gasteiger partial charge in [-0.15, -0.1) is 0 Å². The zero-order valence-electron chi connectivity index (χ0n) is 8.35. The van der Waals surface area contributed by atoms with E-state index in [1.807, 2.05) is 0 Å². The molecular weight excluding hydrogens is 172 g/mol. The maximum absolute atomic E-state index is 5.53. The second-order valence-electron chi connectivity index (χ2n) is 4.20. The van der Waals surface area contributed by atoms with E-state index in [4.69, 9.17) is 13.9 Å². The van der Waals surface area contributed by atoms with Crippen LogP contribution in [0.3, 0.4) is 0 Å². The summed E-state index contributed by atoms with van der Waals surface area (Å²) in [5, 5.41) is 0. The minimum atomic E-state index is -1.53. The summed E-state index contributed by atoms with van der Waals surface area (Å²) >= 11 is 0. The zero-order chi connectivity index (χ0) is 9.24. The lowest BCUT2D eigenvalue weighted by atomic mass is 10.2. The average molecular weight is 190 g/mol. The van der Waals surface area contributed by atoms with Gasteiger partial charge in [0.2, 0.25) is 8.32 Å².